The van der Waals surface area contributed by atoms with Gasteiger partial charge in [-0.2, -0.15) is 0 Å². The van der Waals surface area contributed by atoms with Crippen molar-refractivity contribution in [3.8, 4) is 0 Å². The largest absolute Gasteiger partial charge is 0.409 e. The van der Waals surface area contributed by atoms with Gasteiger partial charge in [-0.05, 0) is 30.5 Å². The lowest BCUT2D eigenvalue weighted by atomic mass is 9.95. The van der Waals surface area contributed by atoms with Crippen LogP contribution in [-0.2, 0) is 11.2 Å². The maximum absolute atomic E-state index is 12.2. The van der Waals surface area contributed by atoms with E-state index in [-0.39, 0.29) is 18.2 Å². The summed E-state index contributed by atoms with van der Waals surface area (Å²) in [5.74, 6) is -0.0193. The Balaban J connectivity index is 2.06. The molecule has 0 bridgehead atoms. The first kappa shape index (κ1) is 14.8. The van der Waals surface area contributed by atoms with Crippen molar-refractivity contribution in [1.29, 1.82) is 0 Å². The first-order chi connectivity index (χ1) is 9.55. The zero-order chi connectivity index (χ0) is 14.6. The lowest BCUT2D eigenvalue weighted by Crippen LogP contribution is -2.56. The van der Waals surface area contributed by atoms with Crippen molar-refractivity contribution < 1.29 is 10.0 Å². The van der Waals surface area contributed by atoms with E-state index in [0.29, 0.717) is 12.8 Å². The Hall–Kier alpha value is -1.56. The summed E-state index contributed by atoms with van der Waals surface area (Å²) in [6.45, 7) is 0. The van der Waals surface area contributed by atoms with E-state index in [1.54, 1.807) is 0 Å². The summed E-state index contributed by atoms with van der Waals surface area (Å²) in [7, 11) is 0. The summed E-state index contributed by atoms with van der Waals surface area (Å²) in [6.07, 6.45) is 3.64. The number of carbonyl (C=O) groups is 1. The van der Waals surface area contributed by atoms with Gasteiger partial charge in [0.05, 0.1) is 6.42 Å². The summed E-state index contributed by atoms with van der Waals surface area (Å²) in [5, 5.41) is 14.9. The minimum atomic E-state index is -0.683. The fourth-order valence-corrected chi connectivity index (χ4v) is 3.11. The van der Waals surface area contributed by atoms with Gasteiger partial charge >= 0.3 is 0 Å². The molecular weight excluding hydrogens is 322 g/mol. The van der Waals surface area contributed by atoms with Gasteiger partial charge in [-0.3, -0.25) is 4.79 Å². The van der Waals surface area contributed by atoms with Crippen molar-refractivity contribution in [2.24, 2.45) is 10.9 Å². The van der Waals surface area contributed by atoms with Gasteiger partial charge in [-0.25, -0.2) is 0 Å². The molecule has 1 amide bonds. The van der Waals surface area contributed by atoms with Crippen LogP contribution >= 0.6 is 15.9 Å². The molecule has 0 spiro atoms. The molecule has 1 aromatic carbocycles. The Morgan fingerprint density at radius 2 is 2.15 bits per heavy atom. The average molecular weight is 340 g/mol. The number of rotatable bonds is 4. The molecule has 0 saturated heterocycles. The number of nitrogens with two attached hydrogens (primary N) is 1. The first-order valence-corrected chi connectivity index (χ1v) is 7.38. The lowest BCUT2D eigenvalue weighted by molar-refractivity contribution is -0.121. The maximum Gasteiger partial charge on any atom is 0.225 e. The first-order valence-electron chi connectivity index (χ1n) is 6.59. The van der Waals surface area contributed by atoms with Crippen LogP contribution in [0, 0.1) is 0 Å². The van der Waals surface area contributed by atoms with Crippen molar-refractivity contribution in [1.82, 2.24) is 5.32 Å². The van der Waals surface area contributed by atoms with Gasteiger partial charge in [0.1, 0.15) is 5.54 Å². The van der Waals surface area contributed by atoms with Crippen molar-refractivity contribution >= 4 is 27.7 Å². The van der Waals surface area contributed by atoms with Crippen LogP contribution in [0.25, 0.3) is 0 Å². The molecule has 0 radical (unpaired) electrons. The third kappa shape index (κ3) is 3.30. The molecule has 0 heterocycles. The number of nitrogens with zero attached hydrogens (tertiary/aromatic N) is 1. The van der Waals surface area contributed by atoms with Gasteiger partial charge in [0, 0.05) is 4.47 Å². The van der Waals surface area contributed by atoms with Crippen LogP contribution in [0.2, 0.25) is 0 Å². The fourth-order valence-electron chi connectivity index (χ4n) is 2.66. The summed E-state index contributed by atoms with van der Waals surface area (Å²) < 4.78 is 0.940. The van der Waals surface area contributed by atoms with Crippen LogP contribution in [0.1, 0.15) is 31.2 Å². The van der Waals surface area contributed by atoms with Crippen LogP contribution in [0.4, 0.5) is 0 Å². The SMILES string of the molecule is NC(=NO)C1(NC(=O)Cc2cccc(Br)c2)CCCC1. The Morgan fingerprint density at radius 3 is 2.75 bits per heavy atom. The van der Waals surface area contributed by atoms with E-state index in [1.165, 1.54) is 0 Å². The standard InChI is InChI=1S/C14H18BrN3O2/c15-11-5-3-4-10(8-11)9-12(19)17-14(13(16)18-20)6-1-2-7-14/h3-5,8,20H,1-2,6-7,9H2,(H2,16,18)(H,17,19). The van der Waals surface area contributed by atoms with Crippen LogP contribution in [0.3, 0.4) is 0 Å². The smallest absolute Gasteiger partial charge is 0.225 e. The monoisotopic (exact) mass is 339 g/mol. The molecule has 2 rings (SSSR count). The van der Waals surface area contributed by atoms with Crippen LogP contribution < -0.4 is 11.1 Å². The Kier molecular flexibility index (Phi) is 4.65. The highest BCUT2D eigenvalue weighted by Crippen LogP contribution is 2.30. The molecule has 1 aromatic rings. The van der Waals surface area contributed by atoms with Gasteiger partial charge in [0.25, 0.3) is 0 Å². The molecule has 20 heavy (non-hydrogen) atoms. The molecule has 0 unspecified atom stereocenters. The van der Waals surface area contributed by atoms with E-state index >= 15 is 0 Å². The van der Waals surface area contributed by atoms with Gasteiger partial charge in [-0.1, -0.05) is 46.1 Å². The number of carbonyl (C=O) groups excluding carboxylic acids is 1. The number of benzene rings is 1. The van der Waals surface area contributed by atoms with Crippen molar-refractivity contribution in [3.05, 3.63) is 34.3 Å². The minimum absolute atomic E-state index is 0.0950. The maximum atomic E-state index is 12.2. The van der Waals surface area contributed by atoms with E-state index in [9.17, 15) is 4.79 Å². The molecule has 4 N–H and O–H groups in total. The minimum Gasteiger partial charge on any atom is -0.409 e. The lowest BCUT2D eigenvalue weighted by Gasteiger charge is -2.28. The predicted octanol–water partition coefficient (Wildman–Crippen LogP) is 2.17. The topological polar surface area (TPSA) is 87.7 Å². The zero-order valence-corrected chi connectivity index (χ0v) is 12.7. The molecule has 1 fully saturated rings. The zero-order valence-electron chi connectivity index (χ0n) is 11.1. The number of nitrogens with one attached hydrogen (secondary N) is 1. The summed E-state index contributed by atoms with van der Waals surface area (Å²) >= 11 is 3.38. The van der Waals surface area contributed by atoms with E-state index in [1.807, 2.05) is 24.3 Å². The van der Waals surface area contributed by atoms with Crippen molar-refractivity contribution in [2.75, 3.05) is 0 Å². The highest BCUT2D eigenvalue weighted by Gasteiger charge is 2.39. The normalized spacial score (nSPS) is 17.9. The molecule has 6 heteroatoms. The highest BCUT2D eigenvalue weighted by molar-refractivity contribution is 9.10. The predicted molar refractivity (Wildman–Crippen MR) is 80.6 cm³/mol. The van der Waals surface area contributed by atoms with Gasteiger partial charge in [0.2, 0.25) is 5.91 Å². The Labute approximate surface area is 126 Å². The molecule has 1 aliphatic carbocycles. The molecule has 0 atom stereocenters. The average Bonchev–Trinajstić information content (AvgIpc) is 2.87. The summed E-state index contributed by atoms with van der Waals surface area (Å²) in [6, 6.07) is 7.61. The summed E-state index contributed by atoms with van der Waals surface area (Å²) in [4.78, 5) is 12.2. The fraction of sp³-hybridized carbons (Fsp3) is 0.429. The summed E-state index contributed by atoms with van der Waals surface area (Å²) in [5.41, 5.74) is 5.99. The number of amides is 1. The van der Waals surface area contributed by atoms with Crippen LogP contribution in [-0.4, -0.2) is 22.5 Å². The van der Waals surface area contributed by atoms with Gasteiger partial charge in [0.15, 0.2) is 5.84 Å². The van der Waals surface area contributed by atoms with Crippen molar-refractivity contribution in [3.63, 3.8) is 0 Å². The van der Waals surface area contributed by atoms with E-state index in [0.717, 1.165) is 22.9 Å². The van der Waals surface area contributed by atoms with Crippen molar-refractivity contribution in [2.45, 2.75) is 37.6 Å². The third-order valence-electron chi connectivity index (χ3n) is 3.69. The molecule has 1 saturated carbocycles. The number of hydrogen-bond acceptors (Lipinski definition) is 3. The number of amidine groups is 1. The highest BCUT2D eigenvalue weighted by atomic mass is 79.9. The molecular formula is C14H18BrN3O2. The number of oxime groups is 1. The Morgan fingerprint density at radius 1 is 1.45 bits per heavy atom. The molecule has 0 aliphatic heterocycles. The number of halogens is 1. The Bertz CT molecular complexity index is 525. The number of hydrogen-bond donors (Lipinski definition) is 3. The van der Waals surface area contributed by atoms with E-state index in [4.69, 9.17) is 10.9 Å². The van der Waals surface area contributed by atoms with Gasteiger partial charge in [-0.15, -0.1) is 0 Å². The van der Waals surface area contributed by atoms with E-state index in [2.05, 4.69) is 26.4 Å². The van der Waals surface area contributed by atoms with Gasteiger partial charge < -0.3 is 16.3 Å². The molecule has 5 nitrogen and oxygen atoms in total. The quantitative estimate of drug-likeness (QED) is 0.340. The van der Waals surface area contributed by atoms with Crippen LogP contribution in [0.5, 0.6) is 0 Å². The van der Waals surface area contributed by atoms with E-state index < -0.39 is 5.54 Å². The molecule has 108 valence electrons. The third-order valence-corrected chi connectivity index (χ3v) is 4.18. The second-order valence-electron chi connectivity index (χ2n) is 5.13. The second kappa shape index (κ2) is 6.26. The molecule has 0 aromatic heterocycles. The second-order valence-corrected chi connectivity index (χ2v) is 6.05. The molecule has 1 aliphatic rings. The van der Waals surface area contributed by atoms with Crippen LogP contribution in [0.15, 0.2) is 33.9 Å².